The molecule has 0 saturated carbocycles. The Morgan fingerprint density at radius 1 is 1.42 bits per heavy atom. The highest BCUT2D eigenvalue weighted by Gasteiger charge is 2.07. The van der Waals surface area contributed by atoms with E-state index in [4.69, 9.17) is 5.11 Å². The molecule has 0 saturated heterocycles. The Bertz CT molecular complexity index is 569. The Balaban J connectivity index is 1.95. The maximum atomic E-state index is 10.7. The van der Waals surface area contributed by atoms with Gasteiger partial charge in [-0.15, -0.1) is 0 Å². The van der Waals surface area contributed by atoms with Crippen LogP contribution < -0.4 is 4.90 Å². The molecule has 0 fully saturated rings. The van der Waals surface area contributed by atoms with Crippen LogP contribution in [0.3, 0.4) is 0 Å². The van der Waals surface area contributed by atoms with Crippen LogP contribution in [0.4, 0.5) is 5.82 Å². The zero-order chi connectivity index (χ0) is 13.8. The summed E-state index contributed by atoms with van der Waals surface area (Å²) in [6.45, 7) is 1.39. The van der Waals surface area contributed by atoms with Gasteiger partial charge in [-0.25, -0.2) is 14.8 Å². The smallest absolute Gasteiger partial charge is 0.356 e. The van der Waals surface area contributed by atoms with Crippen molar-refractivity contribution in [1.29, 1.82) is 0 Å². The van der Waals surface area contributed by atoms with Gasteiger partial charge in [0.15, 0.2) is 5.69 Å². The van der Waals surface area contributed by atoms with Gasteiger partial charge in [0.25, 0.3) is 0 Å². The lowest BCUT2D eigenvalue weighted by Crippen LogP contribution is -2.24. The highest BCUT2D eigenvalue weighted by molar-refractivity contribution is 9.10. The first-order valence-electron chi connectivity index (χ1n) is 5.50. The number of aromatic carboxylic acids is 1. The first kappa shape index (κ1) is 13.5. The lowest BCUT2D eigenvalue weighted by molar-refractivity contribution is 0.0690. The van der Waals surface area contributed by atoms with Gasteiger partial charge in [-0.3, -0.25) is 4.68 Å². The second kappa shape index (κ2) is 5.79. The molecular weight excluding hydrogens is 314 g/mol. The predicted octanol–water partition coefficient (Wildman–Crippen LogP) is 1.27. The molecular formula is C11H12BrN5O2. The number of anilines is 1. The number of carbonyl (C=O) groups is 1. The molecule has 0 spiro atoms. The van der Waals surface area contributed by atoms with Crippen LogP contribution in [0.2, 0.25) is 0 Å². The fraction of sp³-hybridized carbons (Fsp3) is 0.273. The summed E-state index contributed by atoms with van der Waals surface area (Å²) < 4.78 is 2.74. The molecule has 7 nitrogen and oxygen atoms in total. The molecule has 0 bridgehead atoms. The summed E-state index contributed by atoms with van der Waals surface area (Å²) in [7, 11) is 1.86. The van der Waals surface area contributed by atoms with Gasteiger partial charge in [0, 0.05) is 19.8 Å². The summed E-state index contributed by atoms with van der Waals surface area (Å²) >= 11 is 3.33. The van der Waals surface area contributed by atoms with Crippen molar-refractivity contribution in [3.05, 3.63) is 35.0 Å². The van der Waals surface area contributed by atoms with E-state index in [-0.39, 0.29) is 5.69 Å². The van der Waals surface area contributed by atoms with Gasteiger partial charge in [-0.1, -0.05) is 0 Å². The molecule has 2 aromatic rings. The van der Waals surface area contributed by atoms with Crippen molar-refractivity contribution in [2.24, 2.45) is 0 Å². The summed E-state index contributed by atoms with van der Waals surface area (Å²) in [5.41, 5.74) is -0.0619. The van der Waals surface area contributed by atoms with E-state index in [2.05, 4.69) is 31.0 Å². The molecule has 0 aliphatic rings. The third-order valence-corrected chi connectivity index (χ3v) is 2.92. The minimum Gasteiger partial charge on any atom is -0.476 e. The number of aromatic nitrogens is 4. The molecule has 0 unspecified atom stereocenters. The van der Waals surface area contributed by atoms with Gasteiger partial charge >= 0.3 is 5.97 Å². The average Bonchev–Trinajstić information content (AvgIpc) is 2.82. The molecule has 0 amide bonds. The van der Waals surface area contributed by atoms with Gasteiger partial charge in [0.1, 0.15) is 5.82 Å². The fourth-order valence-electron chi connectivity index (χ4n) is 1.46. The highest BCUT2D eigenvalue weighted by atomic mass is 79.9. The van der Waals surface area contributed by atoms with E-state index in [0.29, 0.717) is 18.9 Å². The Hall–Kier alpha value is -1.96. The summed E-state index contributed by atoms with van der Waals surface area (Å²) in [5.74, 6) is -0.459. The van der Waals surface area contributed by atoms with Crippen LogP contribution in [0.15, 0.2) is 29.3 Å². The third-order valence-electron chi connectivity index (χ3n) is 2.51. The van der Waals surface area contributed by atoms with Gasteiger partial charge < -0.3 is 10.0 Å². The monoisotopic (exact) mass is 325 g/mol. The van der Waals surface area contributed by atoms with Crippen LogP contribution in [0.1, 0.15) is 10.5 Å². The Morgan fingerprint density at radius 3 is 2.74 bits per heavy atom. The molecule has 1 N–H and O–H groups in total. The third kappa shape index (κ3) is 3.50. The molecule has 100 valence electrons. The summed E-state index contributed by atoms with van der Waals surface area (Å²) in [6, 6.07) is 0. The number of nitrogens with zero attached hydrogens (tertiary/aromatic N) is 5. The topological polar surface area (TPSA) is 84.1 Å². The number of hydrogen-bond donors (Lipinski definition) is 1. The maximum Gasteiger partial charge on any atom is 0.356 e. The zero-order valence-electron chi connectivity index (χ0n) is 10.2. The van der Waals surface area contributed by atoms with E-state index in [1.165, 1.54) is 12.4 Å². The number of carboxylic acid groups (broad SMARTS) is 1. The zero-order valence-corrected chi connectivity index (χ0v) is 11.8. The molecule has 0 radical (unpaired) electrons. The molecule has 0 aromatic carbocycles. The van der Waals surface area contributed by atoms with E-state index in [9.17, 15) is 4.79 Å². The second-order valence-corrected chi connectivity index (χ2v) is 4.82. The first-order valence-corrected chi connectivity index (χ1v) is 6.30. The number of rotatable bonds is 5. The predicted molar refractivity (Wildman–Crippen MR) is 72.2 cm³/mol. The largest absolute Gasteiger partial charge is 0.476 e. The molecule has 0 aliphatic heterocycles. The summed E-state index contributed by atoms with van der Waals surface area (Å²) in [4.78, 5) is 20.4. The number of likely N-dealkylation sites (N-methyl/N-ethyl adjacent to an activating group) is 1. The van der Waals surface area contributed by atoms with Crippen molar-refractivity contribution in [3.8, 4) is 0 Å². The van der Waals surface area contributed by atoms with Crippen molar-refractivity contribution in [1.82, 2.24) is 19.7 Å². The SMILES string of the molecule is CN(CCn1cc(Br)cn1)c1cnc(C(=O)O)cn1. The molecule has 19 heavy (non-hydrogen) atoms. The van der Waals surface area contributed by atoms with E-state index in [0.717, 1.165) is 4.47 Å². The highest BCUT2D eigenvalue weighted by Crippen LogP contribution is 2.09. The minimum absolute atomic E-state index is 0.0619. The van der Waals surface area contributed by atoms with Crippen LogP contribution >= 0.6 is 15.9 Å². The number of hydrogen-bond acceptors (Lipinski definition) is 5. The normalized spacial score (nSPS) is 10.4. The second-order valence-electron chi connectivity index (χ2n) is 3.91. The lowest BCUT2D eigenvalue weighted by atomic mass is 10.4. The molecule has 0 atom stereocenters. The van der Waals surface area contributed by atoms with Crippen LogP contribution in [0.5, 0.6) is 0 Å². The molecule has 2 aromatic heterocycles. The Morgan fingerprint density at radius 2 is 2.21 bits per heavy atom. The quantitative estimate of drug-likeness (QED) is 0.891. The molecule has 0 aliphatic carbocycles. The summed E-state index contributed by atoms with van der Waals surface area (Å²) in [6.07, 6.45) is 6.30. The standard InChI is InChI=1S/C11H12BrN5O2/c1-16(2-3-17-7-8(12)4-15-17)10-6-13-9(5-14-10)11(18)19/h4-7H,2-3H2,1H3,(H,18,19). The van der Waals surface area contributed by atoms with Gasteiger partial charge in [0.2, 0.25) is 0 Å². The minimum atomic E-state index is -1.08. The van der Waals surface area contributed by atoms with Crippen LogP contribution in [-0.4, -0.2) is 44.4 Å². The Kier molecular flexibility index (Phi) is 4.10. The number of halogens is 1. The van der Waals surface area contributed by atoms with E-state index in [1.54, 1.807) is 10.9 Å². The van der Waals surface area contributed by atoms with E-state index in [1.807, 2.05) is 18.1 Å². The van der Waals surface area contributed by atoms with Crippen LogP contribution in [-0.2, 0) is 6.54 Å². The van der Waals surface area contributed by atoms with Crippen molar-refractivity contribution in [2.45, 2.75) is 6.54 Å². The fourth-order valence-corrected chi connectivity index (χ4v) is 1.78. The lowest BCUT2D eigenvalue weighted by Gasteiger charge is -2.17. The number of carboxylic acids is 1. The Labute approximate surface area is 118 Å². The van der Waals surface area contributed by atoms with Gasteiger partial charge in [0.05, 0.1) is 29.6 Å². The van der Waals surface area contributed by atoms with E-state index >= 15 is 0 Å². The van der Waals surface area contributed by atoms with Crippen LogP contribution in [0, 0.1) is 0 Å². The van der Waals surface area contributed by atoms with Crippen molar-refractivity contribution >= 4 is 27.7 Å². The first-order chi connectivity index (χ1) is 9.06. The van der Waals surface area contributed by atoms with Gasteiger partial charge in [-0.2, -0.15) is 5.10 Å². The van der Waals surface area contributed by atoms with Gasteiger partial charge in [-0.05, 0) is 15.9 Å². The van der Waals surface area contributed by atoms with Crippen molar-refractivity contribution in [3.63, 3.8) is 0 Å². The molecule has 2 heterocycles. The average molecular weight is 326 g/mol. The van der Waals surface area contributed by atoms with Crippen molar-refractivity contribution < 1.29 is 9.90 Å². The van der Waals surface area contributed by atoms with Crippen LogP contribution in [0.25, 0.3) is 0 Å². The molecule has 2 rings (SSSR count). The molecule has 8 heteroatoms. The maximum absolute atomic E-state index is 10.7. The van der Waals surface area contributed by atoms with E-state index < -0.39 is 5.97 Å². The van der Waals surface area contributed by atoms with Crippen molar-refractivity contribution in [2.75, 3.05) is 18.5 Å². The summed E-state index contributed by atoms with van der Waals surface area (Å²) in [5, 5.41) is 12.9.